The molecule has 0 bridgehead atoms. The number of carbonyl (C=O) groups is 2. The topological polar surface area (TPSA) is 123 Å². The van der Waals surface area contributed by atoms with E-state index in [1.807, 2.05) is 0 Å². The highest BCUT2D eigenvalue weighted by atomic mass is 16.6. The van der Waals surface area contributed by atoms with Gasteiger partial charge in [-0.2, -0.15) is 0 Å². The van der Waals surface area contributed by atoms with Gasteiger partial charge in [0.1, 0.15) is 0 Å². The van der Waals surface area contributed by atoms with Gasteiger partial charge in [-0.25, -0.2) is 9.59 Å². The Bertz CT molecular complexity index is 1030. The molecule has 1 aliphatic rings. The lowest BCUT2D eigenvalue weighted by molar-refractivity contribution is -0.385. The SMILES string of the molecule is CCOC(=O)C1=C(C)NC(/C=N/CCN(CC)CC)=C(C(=O)OCC)C1c1ccccc1[N+](=O)[O-]. The lowest BCUT2D eigenvalue weighted by Gasteiger charge is -2.30. The van der Waals surface area contributed by atoms with Crippen LogP contribution in [-0.2, 0) is 19.1 Å². The molecule has 0 fully saturated rings. The van der Waals surface area contributed by atoms with Crippen LogP contribution in [0.5, 0.6) is 0 Å². The van der Waals surface area contributed by atoms with E-state index in [0.29, 0.717) is 17.9 Å². The summed E-state index contributed by atoms with van der Waals surface area (Å²) in [5.41, 5.74) is 0.916. The number of nitro groups is 1. The monoisotopic (exact) mass is 486 g/mol. The highest BCUT2D eigenvalue weighted by Crippen LogP contribution is 2.42. The van der Waals surface area contributed by atoms with Crippen LogP contribution in [-0.4, -0.2) is 67.4 Å². The predicted molar refractivity (Wildman–Crippen MR) is 133 cm³/mol. The summed E-state index contributed by atoms with van der Waals surface area (Å²) in [6.07, 6.45) is 1.53. The van der Waals surface area contributed by atoms with Crippen LogP contribution in [0.3, 0.4) is 0 Å². The average Bonchev–Trinajstić information content (AvgIpc) is 2.83. The summed E-state index contributed by atoms with van der Waals surface area (Å²) < 4.78 is 10.6. The molecule has 0 aromatic heterocycles. The minimum absolute atomic E-state index is 0.0707. The molecule has 1 unspecified atom stereocenters. The Labute approximate surface area is 205 Å². The van der Waals surface area contributed by atoms with Crippen LogP contribution in [0.15, 0.2) is 51.8 Å². The fourth-order valence-electron chi connectivity index (χ4n) is 3.98. The summed E-state index contributed by atoms with van der Waals surface area (Å²) in [6, 6.07) is 6.04. The minimum atomic E-state index is -1.07. The van der Waals surface area contributed by atoms with Crippen molar-refractivity contribution in [1.82, 2.24) is 10.2 Å². The number of nitrogens with one attached hydrogen (secondary N) is 1. The Morgan fingerprint density at radius 2 is 1.69 bits per heavy atom. The molecule has 1 atom stereocenters. The number of rotatable bonds is 12. The smallest absolute Gasteiger partial charge is 0.337 e. The first kappa shape index (κ1) is 27.7. The number of dihydropyridines is 1. The van der Waals surface area contributed by atoms with Crippen molar-refractivity contribution >= 4 is 23.8 Å². The number of nitrogens with zero attached hydrogens (tertiary/aromatic N) is 3. The molecule has 1 aromatic carbocycles. The van der Waals surface area contributed by atoms with Gasteiger partial charge in [0, 0.05) is 30.1 Å². The molecule has 1 aromatic rings. The summed E-state index contributed by atoms with van der Waals surface area (Å²) >= 11 is 0. The number of likely N-dealkylation sites (N-methyl/N-ethyl adjacent to an activating group) is 1. The number of para-hydroxylation sites is 1. The third-order valence-electron chi connectivity index (χ3n) is 5.69. The third-order valence-corrected chi connectivity index (χ3v) is 5.69. The Kier molecular flexibility index (Phi) is 10.6. The molecule has 0 saturated heterocycles. The molecule has 1 heterocycles. The number of carbonyl (C=O) groups excluding carboxylic acids is 2. The number of esters is 2. The first-order chi connectivity index (χ1) is 16.8. The molecule has 1 N–H and O–H groups in total. The third kappa shape index (κ3) is 6.75. The van der Waals surface area contributed by atoms with Crippen molar-refractivity contribution in [3.05, 3.63) is 62.5 Å². The number of hydrogen-bond donors (Lipinski definition) is 1. The van der Waals surface area contributed by atoms with Gasteiger partial charge in [-0.15, -0.1) is 0 Å². The van der Waals surface area contributed by atoms with Gasteiger partial charge < -0.3 is 19.7 Å². The molecular formula is C25H34N4O6. The van der Waals surface area contributed by atoms with E-state index in [-0.39, 0.29) is 35.6 Å². The fraction of sp³-hybridized carbons (Fsp3) is 0.480. The molecular weight excluding hydrogens is 452 g/mol. The number of hydrogen-bond acceptors (Lipinski definition) is 9. The summed E-state index contributed by atoms with van der Waals surface area (Å²) in [5, 5.41) is 14.9. The van der Waals surface area contributed by atoms with Gasteiger partial charge in [0.2, 0.25) is 0 Å². The lowest BCUT2D eigenvalue weighted by Crippen LogP contribution is -2.34. The van der Waals surface area contributed by atoms with Crippen molar-refractivity contribution in [3.8, 4) is 0 Å². The molecule has 0 radical (unpaired) electrons. The summed E-state index contributed by atoms with van der Waals surface area (Å²) in [6.45, 7) is 12.4. The van der Waals surface area contributed by atoms with E-state index in [4.69, 9.17) is 9.47 Å². The molecule has 35 heavy (non-hydrogen) atoms. The highest BCUT2D eigenvalue weighted by Gasteiger charge is 2.41. The van der Waals surface area contributed by atoms with Crippen molar-refractivity contribution in [2.24, 2.45) is 4.99 Å². The van der Waals surface area contributed by atoms with Crippen LogP contribution in [0.4, 0.5) is 5.69 Å². The van der Waals surface area contributed by atoms with Crippen LogP contribution in [0.1, 0.15) is 46.1 Å². The summed E-state index contributed by atoms with van der Waals surface area (Å²) in [5.74, 6) is -2.43. The van der Waals surface area contributed by atoms with E-state index in [2.05, 4.69) is 29.1 Å². The molecule has 2 rings (SSSR count). The molecule has 10 nitrogen and oxygen atoms in total. The molecule has 10 heteroatoms. The summed E-state index contributed by atoms with van der Waals surface area (Å²) in [4.78, 5) is 44.2. The zero-order valence-electron chi connectivity index (χ0n) is 21.0. The number of benzene rings is 1. The largest absolute Gasteiger partial charge is 0.463 e. The van der Waals surface area contributed by atoms with Crippen LogP contribution < -0.4 is 5.32 Å². The van der Waals surface area contributed by atoms with Crippen LogP contribution in [0, 0.1) is 10.1 Å². The first-order valence-electron chi connectivity index (χ1n) is 11.8. The Hall–Kier alpha value is -3.53. The van der Waals surface area contributed by atoms with Crippen molar-refractivity contribution in [2.45, 2.75) is 40.5 Å². The van der Waals surface area contributed by atoms with Gasteiger partial charge >= 0.3 is 11.9 Å². The fourth-order valence-corrected chi connectivity index (χ4v) is 3.98. The van der Waals surface area contributed by atoms with Gasteiger partial charge in [-0.1, -0.05) is 32.0 Å². The Morgan fingerprint density at radius 1 is 1.09 bits per heavy atom. The standard InChI is InChI=1S/C25H34N4O6/c1-6-28(7-2)15-14-26-16-19-23(25(31)35-9-4)22(18-12-10-11-13-20(18)29(32)33)21(17(5)27-19)24(30)34-8-3/h10-13,16,22,27H,6-9,14-15H2,1-5H3/b26-16+. The van der Waals surface area contributed by atoms with Gasteiger partial charge in [-0.05, 0) is 33.9 Å². The van der Waals surface area contributed by atoms with Gasteiger partial charge in [-0.3, -0.25) is 15.1 Å². The maximum absolute atomic E-state index is 13.2. The maximum Gasteiger partial charge on any atom is 0.337 e. The molecule has 190 valence electrons. The second-order valence-electron chi connectivity index (χ2n) is 7.74. The predicted octanol–water partition coefficient (Wildman–Crippen LogP) is 3.35. The van der Waals surface area contributed by atoms with E-state index < -0.39 is 22.8 Å². The zero-order valence-corrected chi connectivity index (χ0v) is 21.0. The lowest BCUT2D eigenvalue weighted by atomic mass is 9.79. The second-order valence-corrected chi connectivity index (χ2v) is 7.74. The Morgan fingerprint density at radius 3 is 2.26 bits per heavy atom. The van der Waals surface area contributed by atoms with Gasteiger partial charge in [0.15, 0.2) is 0 Å². The molecule has 0 aliphatic carbocycles. The number of ether oxygens (including phenoxy) is 2. The van der Waals surface area contributed by atoms with Crippen LogP contribution in [0.2, 0.25) is 0 Å². The zero-order chi connectivity index (χ0) is 26.0. The number of allylic oxidation sites excluding steroid dienone is 2. The quantitative estimate of drug-likeness (QED) is 0.206. The van der Waals surface area contributed by atoms with E-state index in [1.165, 1.54) is 24.4 Å². The van der Waals surface area contributed by atoms with Crippen LogP contribution >= 0.6 is 0 Å². The molecule has 0 amide bonds. The molecule has 1 aliphatic heterocycles. The maximum atomic E-state index is 13.2. The van der Waals surface area contributed by atoms with E-state index >= 15 is 0 Å². The van der Waals surface area contributed by atoms with Gasteiger partial charge in [0.05, 0.1) is 47.4 Å². The molecule has 0 spiro atoms. The Balaban J connectivity index is 2.69. The molecule has 0 saturated carbocycles. The van der Waals surface area contributed by atoms with E-state index in [1.54, 1.807) is 26.8 Å². The van der Waals surface area contributed by atoms with Crippen molar-refractivity contribution in [2.75, 3.05) is 39.4 Å². The highest BCUT2D eigenvalue weighted by molar-refractivity contribution is 6.04. The average molecular weight is 487 g/mol. The van der Waals surface area contributed by atoms with Crippen molar-refractivity contribution in [1.29, 1.82) is 0 Å². The van der Waals surface area contributed by atoms with Gasteiger partial charge in [0.25, 0.3) is 5.69 Å². The minimum Gasteiger partial charge on any atom is -0.463 e. The van der Waals surface area contributed by atoms with E-state index in [9.17, 15) is 19.7 Å². The second kappa shape index (κ2) is 13.4. The number of nitro benzene ring substituents is 1. The number of aliphatic imine (C=N–C) groups is 1. The summed E-state index contributed by atoms with van der Waals surface area (Å²) in [7, 11) is 0. The normalized spacial score (nSPS) is 16.0. The van der Waals surface area contributed by atoms with Crippen LogP contribution in [0.25, 0.3) is 0 Å². The van der Waals surface area contributed by atoms with E-state index in [0.717, 1.165) is 19.6 Å². The first-order valence-corrected chi connectivity index (χ1v) is 11.8. The van der Waals surface area contributed by atoms with Crippen molar-refractivity contribution < 1.29 is 24.0 Å². The van der Waals surface area contributed by atoms with Crippen molar-refractivity contribution in [3.63, 3.8) is 0 Å².